The van der Waals surface area contributed by atoms with Gasteiger partial charge in [0.15, 0.2) is 5.17 Å². The lowest BCUT2D eigenvalue weighted by atomic mass is 10.0. The van der Waals surface area contributed by atoms with Gasteiger partial charge < -0.3 is 0 Å². The number of nitrogens with two attached hydrogens (primary N) is 1. The molecule has 0 saturated heterocycles. The van der Waals surface area contributed by atoms with Crippen molar-refractivity contribution in [2.45, 2.75) is 62.8 Å². The number of amidine groups is 1. The number of thioether (sulfide) groups is 1. The summed E-state index contributed by atoms with van der Waals surface area (Å²) in [5.41, 5.74) is 1.08. The van der Waals surface area contributed by atoms with Crippen LogP contribution in [0.15, 0.2) is 29.4 Å². The van der Waals surface area contributed by atoms with Crippen molar-refractivity contribution in [3.8, 4) is 0 Å². The lowest BCUT2D eigenvalue weighted by Gasteiger charge is -2.25. The number of fused-ring (bicyclic) bond motifs is 1. The highest BCUT2D eigenvalue weighted by molar-refractivity contribution is 8.13. The molecule has 0 aromatic carbocycles. The molecule has 1 aromatic heterocycles. The van der Waals surface area contributed by atoms with Crippen LogP contribution >= 0.6 is 11.8 Å². The molecule has 0 bridgehead atoms. The number of hydrazine groups is 1. The van der Waals surface area contributed by atoms with E-state index < -0.39 is 0 Å². The molecule has 5 heteroatoms. The second kappa shape index (κ2) is 7.27. The monoisotopic (exact) mass is 304 g/mol. The fourth-order valence-electron chi connectivity index (χ4n) is 3.18. The van der Waals surface area contributed by atoms with Gasteiger partial charge in [0.1, 0.15) is 0 Å². The summed E-state index contributed by atoms with van der Waals surface area (Å²) >= 11 is 1.72. The van der Waals surface area contributed by atoms with E-state index in [4.69, 9.17) is 10.8 Å². The van der Waals surface area contributed by atoms with E-state index in [1.807, 2.05) is 23.3 Å². The molecule has 2 heterocycles. The summed E-state index contributed by atoms with van der Waals surface area (Å²) in [6, 6.07) is 6.84. The van der Waals surface area contributed by atoms with Crippen LogP contribution in [0.3, 0.4) is 0 Å². The number of aromatic nitrogens is 1. The lowest BCUT2D eigenvalue weighted by Crippen LogP contribution is -2.43. The fourth-order valence-corrected chi connectivity index (χ4v) is 4.12. The summed E-state index contributed by atoms with van der Waals surface area (Å²) in [5, 5.41) is 2.93. The van der Waals surface area contributed by atoms with E-state index in [-0.39, 0.29) is 0 Å². The molecule has 0 spiro atoms. The predicted molar refractivity (Wildman–Crippen MR) is 88.9 cm³/mol. The van der Waals surface area contributed by atoms with Crippen molar-refractivity contribution < 1.29 is 0 Å². The minimum absolute atomic E-state index is 0.402. The molecule has 1 fully saturated rings. The van der Waals surface area contributed by atoms with E-state index in [0.717, 1.165) is 16.6 Å². The Bertz CT molecular complexity index is 476. The van der Waals surface area contributed by atoms with Gasteiger partial charge in [-0.25, -0.2) is 5.84 Å². The topological polar surface area (TPSA) is 54.5 Å². The highest BCUT2D eigenvalue weighted by Crippen LogP contribution is 2.30. The molecule has 1 aromatic rings. The van der Waals surface area contributed by atoms with Gasteiger partial charge in [-0.2, -0.15) is 0 Å². The second-order valence-corrected chi connectivity index (χ2v) is 6.85. The summed E-state index contributed by atoms with van der Waals surface area (Å²) < 4.78 is 0. The molecule has 1 aliphatic carbocycles. The van der Waals surface area contributed by atoms with Crippen molar-refractivity contribution in [2.24, 2.45) is 10.8 Å². The van der Waals surface area contributed by atoms with E-state index in [9.17, 15) is 0 Å². The van der Waals surface area contributed by atoms with Crippen LogP contribution in [0, 0.1) is 0 Å². The SMILES string of the molecule is NN1C(SCc2ccccn2)=NC2CCCCCCCC21. The van der Waals surface area contributed by atoms with Gasteiger partial charge in [-0.1, -0.05) is 49.9 Å². The standard InChI is InChI=1S/C16H24N4S/c17-20-15-10-5-3-1-2-4-9-14(15)19-16(20)21-12-13-8-6-7-11-18-13/h6-8,11,14-15H,1-5,9-10,12,17H2. The van der Waals surface area contributed by atoms with Crippen molar-refractivity contribution >= 4 is 16.9 Å². The van der Waals surface area contributed by atoms with Crippen LogP contribution in [0.4, 0.5) is 0 Å². The zero-order valence-corrected chi connectivity index (χ0v) is 13.3. The highest BCUT2D eigenvalue weighted by Gasteiger charge is 2.34. The summed E-state index contributed by atoms with van der Waals surface area (Å²) in [5.74, 6) is 7.17. The van der Waals surface area contributed by atoms with E-state index in [1.54, 1.807) is 11.8 Å². The molecule has 21 heavy (non-hydrogen) atoms. The second-order valence-electron chi connectivity index (χ2n) is 5.91. The van der Waals surface area contributed by atoms with Crippen molar-refractivity contribution in [3.05, 3.63) is 30.1 Å². The Balaban J connectivity index is 1.62. The van der Waals surface area contributed by atoms with Crippen LogP contribution in [0.1, 0.15) is 50.6 Å². The van der Waals surface area contributed by atoms with Crippen molar-refractivity contribution in [2.75, 3.05) is 0 Å². The number of rotatable bonds is 2. The molecule has 1 saturated carbocycles. The normalized spacial score (nSPS) is 26.5. The van der Waals surface area contributed by atoms with Gasteiger partial charge >= 0.3 is 0 Å². The Morgan fingerprint density at radius 3 is 2.76 bits per heavy atom. The number of hydrogen-bond acceptors (Lipinski definition) is 5. The predicted octanol–water partition coefficient (Wildman–Crippen LogP) is 3.34. The van der Waals surface area contributed by atoms with E-state index in [1.165, 1.54) is 44.9 Å². The molecule has 2 aliphatic rings. The molecule has 1 aliphatic heterocycles. The first-order valence-corrected chi connectivity index (χ1v) is 8.97. The maximum atomic E-state index is 6.33. The Hall–Kier alpha value is -1.07. The van der Waals surface area contributed by atoms with Crippen molar-refractivity contribution in [1.29, 1.82) is 0 Å². The fraction of sp³-hybridized carbons (Fsp3) is 0.625. The first-order valence-electron chi connectivity index (χ1n) is 7.99. The summed E-state index contributed by atoms with van der Waals surface area (Å²) in [4.78, 5) is 9.26. The highest BCUT2D eigenvalue weighted by atomic mass is 32.2. The van der Waals surface area contributed by atoms with Crippen LogP contribution in [0.5, 0.6) is 0 Å². The number of nitrogens with zero attached hydrogens (tertiary/aromatic N) is 3. The van der Waals surface area contributed by atoms with Crippen molar-refractivity contribution in [1.82, 2.24) is 9.99 Å². The molecule has 114 valence electrons. The molecule has 4 nitrogen and oxygen atoms in total. The van der Waals surface area contributed by atoms with Gasteiger partial charge in [0, 0.05) is 11.9 Å². The van der Waals surface area contributed by atoms with Crippen LogP contribution in [0.25, 0.3) is 0 Å². The Morgan fingerprint density at radius 2 is 1.95 bits per heavy atom. The van der Waals surface area contributed by atoms with Gasteiger partial charge in [0.05, 0.1) is 17.8 Å². The molecule has 2 N–H and O–H groups in total. The zero-order valence-electron chi connectivity index (χ0n) is 12.4. The lowest BCUT2D eigenvalue weighted by molar-refractivity contribution is 0.287. The number of hydrogen-bond donors (Lipinski definition) is 1. The third-order valence-corrected chi connectivity index (χ3v) is 5.39. The Morgan fingerprint density at radius 1 is 1.14 bits per heavy atom. The molecule has 0 radical (unpaired) electrons. The van der Waals surface area contributed by atoms with Gasteiger partial charge in [-0.05, 0) is 25.0 Å². The van der Waals surface area contributed by atoms with Crippen LogP contribution in [-0.2, 0) is 5.75 Å². The first-order chi connectivity index (χ1) is 10.3. The quantitative estimate of drug-likeness (QED) is 0.851. The molecular weight excluding hydrogens is 280 g/mol. The van der Waals surface area contributed by atoms with Crippen molar-refractivity contribution in [3.63, 3.8) is 0 Å². The Kier molecular flexibility index (Phi) is 5.14. The average molecular weight is 304 g/mol. The summed E-state index contributed by atoms with van der Waals surface area (Å²) in [7, 11) is 0. The molecule has 0 amide bonds. The van der Waals surface area contributed by atoms with Crippen LogP contribution < -0.4 is 5.84 Å². The van der Waals surface area contributed by atoms with Crippen LogP contribution in [0.2, 0.25) is 0 Å². The summed E-state index contributed by atoms with van der Waals surface area (Å²) in [6.07, 6.45) is 10.8. The van der Waals surface area contributed by atoms with Gasteiger partial charge in [0.25, 0.3) is 0 Å². The van der Waals surface area contributed by atoms with E-state index in [0.29, 0.717) is 12.1 Å². The number of pyridine rings is 1. The largest absolute Gasteiger partial charge is 0.284 e. The van der Waals surface area contributed by atoms with Gasteiger partial charge in [-0.3, -0.25) is 15.0 Å². The van der Waals surface area contributed by atoms with Gasteiger partial charge in [0.2, 0.25) is 0 Å². The minimum Gasteiger partial charge on any atom is -0.284 e. The molecule has 2 atom stereocenters. The van der Waals surface area contributed by atoms with Gasteiger partial charge in [-0.15, -0.1) is 0 Å². The van der Waals surface area contributed by atoms with E-state index in [2.05, 4.69) is 11.1 Å². The molecular formula is C16H24N4S. The first kappa shape index (κ1) is 14.9. The Labute approximate surface area is 131 Å². The molecule has 3 rings (SSSR count). The third kappa shape index (κ3) is 3.77. The average Bonchev–Trinajstić information content (AvgIpc) is 2.86. The van der Waals surface area contributed by atoms with E-state index >= 15 is 0 Å². The smallest absolute Gasteiger partial charge is 0.174 e. The zero-order chi connectivity index (χ0) is 14.5. The summed E-state index contributed by atoms with van der Waals surface area (Å²) in [6.45, 7) is 0. The minimum atomic E-state index is 0.402. The third-order valence-electron chi connectivity index (χ3n) is 4.37. The maximum absolute atomic E-state index is 6.33. The van der Waals surface area contributed by atoms with Crippen LogP contribution in [-0.4, -0.2) is 27.2 Å². The molecule has 2 unspecified atom stereocenters. The maximum Gasteiger partial charge on any atom is 0.174 e. The number of aliphatic imine (C=N–C) groups is 1.